The van der Waals surface area contributed by atoms with Crippen LogP contribution in [-0.4, -0.2) is 76.3 Å². The van der Waals surface area contributed by atoms with Gasteiger partial charge in [-0.05, 0) is 18.9 Å². The topological polar surface area (TPSA) is 73.6 Å². The van der Waals surface area contributed by atoms with Crippen molar-refractivity contribution in [2.24, 2.45) is 0 Å². The molecule has 8 heteroatoms. The van der Waals surface area contributed by atoms with Crippen molar-refractivity contribution in [3.05, 3.63) is 36.5 Å². The first-order valence-electron chi connectivity index (χ1n) is 11.1. The summed E-state index contributed by atoms with van der Waals surface area (Å²) in [5.41, 5.74) is 6.53. The molecule has 0 aliphatic carbocycles. The van der Waals surface area contributed by atoms with E-state index >= 15 is 0 Å². The summed E-state index contributed by atoms with van der Waals surface area (Å²) in [7, 11) is 0. The Hall–Kier alpha value is -2.71. The Morgan fingerprint density at radius 1 is 0.933 bits per heavy atom. The van der Waals surface area contributed by atoms with E-state index in [0.717, 1.165) is 79.0 Å². The van der Waals surface area contributed by atoms with Crippen molar-refractivity contribution in [3.8, 4) is 11.1 Å². The molecule has 3 aliphatic heterocycles. The van der Waals surface area contributed by atoms with Gasteiger partial charge in [-0.2, -0.15) is 5.10 Å². The van der Waals surface area contributed by atoms with E-state index < -0.39 is 0 Å². The van der Waals surface area contributed by atoms with Crippen LogP contribution in [0.1, 0.15) is 18.5 Å². The van der Waals surface area contributed by atoms with Crippen LogP contribution in [0.5, 0.6) is 0 Å². The lowest BCUT2D eigenvalue weighted by atomic mass is 10.0. The Kier molecular flexibility index (Phi) is 4.53. The molecule has 0 saturated carbocycles. The first kappa shape index (κ1) is 18.1. The predicted octanol–water partition coefficient (Wildman–Crippen LogP) is 1.63. The van der Waals surface area contributed by atoms with E-state index in [1.54, 1.807) is 0 Å². The third-order valence-corrected chi connectivity index (χ3v) is 6.82. The Morgan fingerprint density at radius 2 is 1.80 bits per heavy atom. The van der Waals surface area contributed by atoms with Crippen LogP contribution in [0.25, 0.3) is 16.8 Å². The van der Waals surface area contributed by atoms with Crippen molar-refractivity contribution in [1.29, 1.82) is 0 Å². The van der Waals surface area contributed by atoms with Crippen LogP contribution in [0.15, 0.2) is 30.9 Å². The number of pyridine rings is 1. The van der Waals surface area contributed by atoms with Crippen LogP contribution in [-0.2, 0) is 6.42 Å². The highest BCUT2D eigenvalue weighted by molar-refractivity contribution is 5.87. The molecule has 2 saturated heterocycles. The van der Waals surface area contributed by atoms with E-state index in [1.165, 1.54) is 25.9 Å². The highest BCUT2D eigenvalue weighted by Crippen LogP contribution is 2.35. The largest absolute Gasteiger partial charge is 0.383 e. The van der Waals surface area contributed by atoms with Gasteiger partial charge in [0.25, 0.3) is 0 Å². The minimum absolute atomic E-state index is 0.720. The molecule has 3 aromatic rings. The number of piperazine rings is 1. The van der Waals surface area contributed by atoms with E-state index in [0.29, 0.717) is 0 Å². The Bertz CT molecular complexity index is 1050. The Labute approximate surface area is 176 Å². The number of nitrogens with one attached hydrogen (secondary N) is 2. The Morgan fingerprint density at radius 3 is 2.67 bits per heavy atom. The van der Waals surface area contributed by atoms with Crippen LogP contribution < -0.4 is 15.5 Å². The van der Waals surface area contributed by atoms with E-state index in [1.807, 2.05) is 23.1 Å². The van der Waals surface area contributed by atoms with Crippen molar-refractivity contribution in [1.82, 2.24) is 29.8 Å². The molecular formula is C22H28N8. The molecule has 0 amide bonds. The number of rotatable bonds is 3. The van der Waals surface area contributed by atoms with Crippen LogP contribution in [0.2, 0.25) is 0 Å². The van der Waals surface area contributed by atoms with Gasteiger partial charge in [-0.1, -0.05) is 0 Å². The average Bonchev–Trinajstić information content (AvgIpc) is 3.46. The van der Waals surface area contributed by atoms with Crippen molar-refractivity contribution in [2.45, 2.75) is 25.3 Å². The van der Waals surface area contributed by atoms with Crippen molar-refractivity contribution in [2.75, 3.05) is 56.0 Å². The van der Waals surface area contributed by atoms with Gasteiger partial charge in [-0.25, -0.2) is 9.50 Å². The first-order valence-corrected chi connectivity index (χ1v) is 11.1. The predicted molar refractivity (Wildman–Crippen MR) is 118 cm³/mol. The zero-order chi connectivity index (χ0) is 19.9. The van der Waals surface area contributed by atoms with Crippen LogP contribution in [0.4, 0.5) is 11.4 Å². The summed E-state index contributed by atoms with van der Waals surface area (Å²) in [6, 6.07) is 2.78. The van der Waals surface area contributed by atoms with Crippen LogP contribution in [0.3, 0.4) is 0 Å². The minimum atomic E-state index is 0.720. The molecular weight excluding hydrogens is 376 g/mol. The number of hydrogen-bond acceptors (Lipinski definition) is 7. The fourth-order valence-electron chi connectivity index (χ4n) is 5.18. The SMILES string of the molecule is c1cc(-c2cnn3cc(N4CCC(N5CCNCC5)CC4)cnc23)c2c(n1)CCN2. The number of anilines is 2. The maximum absolute atomic E-state index is 4.82. The van der Waals surface area contributed by atoms with Gasteiger partial charge in [0.15, 0.2) is 5.65 Å². The van der Waals surface area contributed by atoms with Gasteiger partial charge >= 0.3 is 0 Å². The number of aromatic nitrogens is 4. The van der Waals surface area contributed by atoms with Crippen molar-refractivity contribution >= 4 is 17.0 Å². The molecule has 30 heavy (non-hydrogen) atoms. The second-order valence-corrected chi connectivity index (χ2v) is 8.50. The number of fused-ring (bicyclic) bond motifs is 2. The maximum Gasteiger partial charge on any atom is 0.163 e. The normalized spacial score (nSPS) is 20.5. The molecule has 0 spiro atoms. The van der Waals surface area contributed by atoms with Crippen molar-refractivity contribution < 1.29 is 0 Å². The molecule has 0 atom stereocenters. The summed E-state index contributed by atoms with van der Waals surface area (Å²) >= 11 is 0. The quantitative estimate of drug-likeness (QED) is 0.687. The summed E-state index contributed by atoms with van der Waals surface area (Å²) < 4.78 is 1.93. The first-order chi connectivity index (χ1) is 14.9. The van der Waals surface area contributed by atoms with Gasteiger partial charge in [0.1, 0.15) is 0 Å². The smallest absolute Gasteiger partial charge is 0.163 e. The molecule has 2 fully saturated rings. The molecule has 6 rings (SSSR count). The lowest BCUT2D eigenvalue weighted by Gasteiger charge is -2.40. The van der Waals surface area contributed by atoms with Gasteiger partial charge < -0.3 is 15.5 Å². The third-order valence-electron chi connectivity index (χ3n) is 6.82. The summed E-state index contributed by atoms with van der Waals surface area (Å²) in [6.07, 6.45) is 11.4. The fraction of sp³-hybridized carbons (Fsp3) is 0.500. The van der Waals surface area contributed by atoms with Gasteiger partial charge in [0.2, 0.25) is 0 Å². The summed E-state index contributed by atoms with van der Waals surface area (Å²) in [6.45, 7) is 7.72. The summed E-state index contributed by atoms with van der Waals surface area (Å²) in [4.78, 5) is 14.4. The molecule has 0 aromatic carbocycles. The molecule has 2 N–H and O–H groups in total. The minimum Gasteiger partial charge on any atom is -0.383 e. The molecule has 0 unspecified atom stereocenters. The Balaban J connectivity index is 1.22. The van der Waals surface area contributed by atoms with E-state index in [-0.39, 0.29) is 0 Å². The standard InChI is InChI=1S/C22H28N8/c1-5-24-20-2-6-25-21(20)18(1)19-14-27-30-15-17(13-26-22(19)30)28-9-3-16(4-10-28)29-11-7-23-8-12-29/h1,5,13-16,23,25H,2-4,6-12H2. The number of nitrogens with zero attached hydrogens (tertiary/aromatic N) is 6. The average molecular weight is 405 g/mol. The zero-order valence-corrected chi connectivity index (χ0v) is 17.2. The van der Waals surface area contributed by atoms with E-state index in [2.05, 4.69) is 42.8 Å². The molecule has 0 radical (unpaired) electrons. The maximum atomic E-state index is 4.82. The van der Waals surface area contributed by atoms with Crippen molar-refractivity contribution in [3.63, 3.8) is 0 Å². The van der Waals surface area contributed by atoms with Gasteiger partial charge in [-0.3, -0.25) is 9.88 Å². The highest BCUT2D eigenvalue weighted by Gasteiger charge is 2.26. The summed E-state index contributed by atoms with van der Waals surface area (Å²) in [5.74, 6) is 0. The number of hydrogen-bond donors (Lipinski definition) is 2. The molecule has 8 nitrogen and oxygen atoms in total. The summed E-state index contributed by atoms with van der Waals surface area (Å²) in [5, 5.41) is 11.6. The number of piperidine rings is 1. The lowest BCUT2D eigenvalue weighted by Crippen LogP contribution is -2.52. The molecule has 6 heterocycles. The molecule has 156 valence electrons. The molecule has 3 aliphatic rings. The second-order valence-electron chi connectivity index (χ2n) is 8.50. The van der Waals surface area contributed by atoms with E-state index in [9.17, 15) is 0 Å². The zero-order valence-electron chi connectivity index (χ0n) is 17.2. The fourth-order valence-corrected chi connectivity index (χ4v) is 5.18. The monoisotopic (exact) mass is 404 g/mol. The third kappa shape index (κ3) is 3.11. The van der Waals surface area contributed by atoms with Crippen LogP contribution >= 0.6 is 0 Å². The van der Waals surface area contributed by atoms with Gasteiger partial charge in [0.05, 0.1) is 35.7 Å². The molecule has 3 aromatic heterocycles. The highest BCUT2D eigenvalue weighted by atomic mass is 15.3. The molecule has 0 bridgehead atoms. The van der Waals surface area contributed by atoms with Crippen LogP contribution in [0, 0.1) is 0 Å². The van der Waals surface area contributed by atoms with Gasteiger partial charge in [0, 0.05) is 75.6 Å². The lowest BCUT2D eigenvalue weighted by molar-refractivity contribution is 0.150. The van der Waals surface area contributed by atoms with E-state index in [4.69, 9.17) is 4.98 Å². The van der Waals surface area contributed by atoms with Gasteiger partial charge in [-0.15, -0.1) is 0 Å². The second kappa shape index (κ2) is 7.52.